The van der Waals surface area contributed by atoms with E-state index in [4.69, 9.17) is 0 Å². The highest BCUT2D eigenvalue weighted by atomic mass is 32.2. The molecule has 0 aromatic heterocycles. The van der Waals surface area contributed by atoms with Gasteiger partial charge in [-0.2, -0.15) is 13.2 Å². The number of halogens is 3. The van der Waals surface area contributed by atoms with E-state index in [-0.39, 0.29) is 22.6 Å². The molecule has 9 heteroatoms. The molecule has 0 aliphatic rings. The number of carbonyl (C=O) groups excluding carboxylic acids is 1. The molecule has 0 bridgehead atoms. The first-order chi connectivity index (χ1) is 15.6. The Hall–Kier alpha value is -3.77. The molecule has 2 N–H and O–H groups in total. The lowest BCUT2D eigenvalue weighted by Gasteiger charge is -2.10. The van der Waals surface area contributed by atoms with Crippen LogP contribution in [-0.4, -0.2) is 20.9 Å². The van der Waals surface area contributed by atoms with E-state index in [9.17, 15) is 26.4 Å². The Balaban J connectivity index is 1.61. The predicted octanol–water partition coefficient (Wildman–Crippen LogP) is 4.60. The van der Waals surface area contributed by atoms with E-state index >= 15 is 0 Å². The van der Waals surface area contributed by atoms with Gasteiger partial charge in [-0.15, -0.1) is 0 Å². The Morgan fingerprint density at radius 1 is 0.970 bits per heavy atom. The molecule has 0 saturated heterocycles. The van der Waals surface area contributed by atoms with Gasteiger partial charge in [-0.1, -0.05) is 36.1 Å². The fourth-order valence-corrected chi connectivity index (χ4v) is 3.95. The van der Waals surface area contributed by atoms with Gasteiger partial charge in [0.1, 0.15) is 0 Å². The second kappa shape index (κ2) is 9.79. The highest BCUT2D eigenvalue weighted by molar-refractivity contribution is 7.92. The predicted molar refractivity (Wildman–Crippen MR) is 119 cm³/mol. The molecular weight excluding hydrogens is 453 g/mol. The van der Waals surface area contributed by atoms with Gasteiger partial charge in [0.25, 0.3) is 15.9 Å². The van der Waals surface area contributed by atoms with Crippen molar-refractivity contribution in [1.29, 1.82) is 0 Å². The summed E-state index contributed by atoms with van der Waals surface area (Å²) in [5, 5.41) is 2.52. The van der Waals surface area contributed by atoms with E-state index < -0.39 is 27.7 Å². The number of sulfonamides is 1. The zero-order valence-electron chi connectivity index (χ0n) is 17.4. The second-order valence-corrected chi connectivity index (χ2v) is 8.69. The summed E-state index contributed by atoms with van der Waals surface area (Å²) in [6.07, 6.45) is -4.46. The van der Waals surface area contributed by atoms with Crippen LogP contribution in [0.5, 0.6) is 0 Å². The maximum atomic E-state index is 12.7. The van der Waals surface area contributed by atoms with Crippen LogP contribution in [-0.2, 0) is 16.2 Å². The van der Waals surface area contributed by atoms with Crippen molar-refractivity contribution in [3.63, 3.8) is 0 Å². The van der Waals surface area contributed by atoms with Gasteiger partial charge in [-0.05, 0) is 61.0 Å². The van der Waals surface area contributed by atoms with E-state index in [1.165, 1.54) is 36.4 Å². The fourth-order valence-electron chi connectivity index (χ4n) is 2.82. The zero-order valence-corrected chi connectivity index (χ0v) is 18.2. The minimum Gasteiger partial charge on any atom is -0.341 e. The van der Waals surface area contributed by atoms with Crippen LogP contribution in [0.25, 0.3) is 0 Å². The van der Waals surface area contributed by atoms with E-state index in [1.54, 1.807) is 31.2 Å². The SMILES string of the molecule is Cc1ccccc1NS(=O)(=O)c1ccc(C(=O)NCC#Cc2cccc(C(F)(F)F)c2)cc1. The first-order valence-electron chi connectivity index (χ1n) is 9.69. The number of carbonyl (C=O) groups is 1. The molecule has 170 valence electrons. The van der Waals surface area contributed by atoms with Crippen LogP contribution in [0.2, 0.25) is 0 Å². The maximum absolute atomic E-state index is 12.7. The Kier molecular flexibility index (Phi) is 7.09. The number of benzene rings is 3. The molecule has 3 rings (SSSR count). The van der Waals surface area contributed by atoms with Crippen LogP contribution in [0.3, 0.4) is 0 Å². The molecule has 5 nitrogen and oxygen atoms in total. The summed E-state index contributed by atoms with van der Waals surface area (Å²) in [4.78, 5) is 12.2. The van der Waals surface area contributed by atoms with Crippen molar-refractivity contribution in [2.75, 3.05) is 11.3 Å². The molecule has 0 radical (unpaired) electrons. The molecule has 0 heterocycles. The van der Waals surface area contributed by atoms with Crippen LogP contribution in [0.4, 0.5) is 18.9 Å². The summed E-state index contributed by atoms with van der Waals surface area (Å²) < 4.78 is 65.8. The highest BCUT2D eigenvalue weighted by Gasteiger charge is 2.30. The standard InChI is InChI=1S/C24H19F3N2O3S/c1-17-6-2-3-10-22(17)29-33(31,32)21-13-11-19(12-14-21)23(30)28-15-5-8-18-7-4-9-20(16-18)24(25,26)27/h2-4,6-7,9-14,16,29H,15H2,1H3,(H,28,30). The van der Waals surface area contributed by atoms with Gasteiger partial charge in [0.15, 0.2) is 0 Å². The summed E-state index contributed by atoms with van der Waals surface area (Å²) in [6.45, 7) is 1.69. The lowest BCUT2D eigenvalue weighted by atomic mass is 10.1. The average molecular weight is 472 g/mol. The number of aryl methyl sites for hydroxylation is 1. The lowest BCUT2D eigenvalue weighted by molar-refractivity contribution is -0.137. The van der Waals surface area contributed by atoms with Crippen LogP contribution < -0.4 is 10.0 Å². The van der Waals surface area contributed by atoms with E-state index in [0.717, 1.165) is 17.7 Å². The first-order valence-corrected chi connectivity index (χ1v) is 11.2. The molecule has 3 aromatic rings. The van der Waals surface area contributed by atoms with Crippen molar-refractivity contribution >= 4 is 21.6 Å². The number of rotatable bonds is 5. The van der Waals surface area contributed by atoms with Gasteiger partial charge in [-0.3, -0.25) is 9.52 Å². The smallest absolute Gasteiger partial charge is 0.341 e. The first kappa shape index (κ1) is 23.9. The third-order valence-corrected chi connectivity index (χ3v) is 5.96. The van der Waals surface area contributed by atoms with Crippen LogP contribution in [0, 0.1) is 18.8 Å². The molecule has 0 unspecified atom stereocenters. The Bertz CT molecular complexity index is 1320. The van der Waals surface area contributed by atoms with Gasteiger partial charge < -0.3 is 5.32 Å². The molecule has 3 aromatic carbocycles. The minimum atomic E-state index is -4.46. The highest BCUT2D eigenvalue weighted by Crippen LogP contribution is 2.29. The molecule has 1 amide bonds. The van der Waals surface area contributed by atoms with Crippen LogP contribution >= 0.6 is 0 Å². The van der Waals surface area contributed by atoms with E-state index in [2.05, 4.69) is 21.9 Å². The Labute approximate surface area is 189 Å². The van der Waals surface area contributed by atoms with Gasteiger partial charge >= 0.3 is 6.18 Å². The molecule has 0 aliphatic heterocycles. The van der Waals surface area contributed by atoms with Crippen molar-refractivity contribution in [2.45, 2.75) is 18.0 Å². The van der Waals surface area contributed by atoms with Crippen LogP contribution in [0.1, 0.15) is 27.0 Å². The van der Waals surface area contributed by atoms with Crippen molar-refractivity contribution < 1.29 is 26.4 Å². The molecule has 0 fully saturated rings. The molecule has 0 saturated carbocycles. The number of anilines is 1. The average Bonchev–Trinajstić information content (AvgIpc) is 2.78. The van der Waals surface area contributed by atoms with E-state index in [1.807, 2.05) is 0 Å². The molecule has 0 aliphatic carbocycles. The topological polar surface area (TPSA) is 75.3 Å². The fraction of sp³-hybridized carbons (Fsp3) is 0.125. The number of para-hydroxylation sites is 1. The number of hydrogen-bond donors (Lipinski definition) is 2. The van der Waals surface area contributed by atoms with Gasteiger partial charge in [0.2, 0.25) is 0 Å². The van der Waals surface area contributed by atoms with Gasteiger partial charge in [-0.25, -0.2) is 8.42 Å². The second-order valence-electron chi connectivity index (χ2n) is 7.01. The zero-order chi connectivity index (χ0) is 24.1. The third kappa shape index (κ3) is 6.37. The normalized spacial score (nSPS) is 11.3. The molecule has 0 spiro atoms. The quantitative estimate of drug-likeness (QED) is 0.533. The van der Waals surface area contributed by atoms with Crippen molar-refractivity contribution in [3.8, 4) is 11.8 Å². The molecular formula is C24H19F3N2O3S. The van der Waals surface area contributed by atoms with Crippen LogP contribution in [0.15, 0.2) is 77.7 Å². The monoisotopic (exact) mass is 472 g/mol. The van der Waals surface area contributed by atoms with E-state index in [0.29, 0.717) is 5.69 Å². The summed E-state index contributed by atoms with van der Waals surface area (Å²) in [6, 6.07) is 16.9. The third-order valence-electron chi connectivity index (χ3n) is 4.58. The van der Waals surface area contributed by atoms with Crippen molar-refractivity contribution in [1.82, 2.24) is 5.32 Å². The minimum absolute atomic E-state index is 0.00774. The van der Waals surface area contributed by atoms with Crippen molar-refractivity contribution in [3.05, 3.63) is 95.1 Å². The molecule has 0 atom stereocenters. The maximum Gasteiger partial charge on any atom is 0.416 e. The number of nitrogens with one attached hydrogen (secondary N) is 2. The summed E-state index contributed by atoms with van der Waals surface area (Å²) in [5.74, 6) is 4.67. The Morgan fingerprint density at radius 2 is 1.67 bits per heavy atom. The largest absolute Gasteiger partial charge is 0.416 e. The van der Waals surface area contributed by atoms with Gasteiger partial charge in [0, 0.05) is 11.1 Å². The van der Waals surface area contributed by atoms with Gasteiger partial charge in [0.05, 0.1) is 22.7 Å². The summed E-state index contributed by atoms with van der Waals surface area (Å²) in [7, 11) is -3.83. The number of amides is 1. The number of hydrogen-bond acceptors (Lipinski definition) is 3. The lowest BCUT2D eigenvalue weighted by Crippen LogP contribution is -2.23. The Morgan fingerprint density at radius 3 is 2.33 bits per heavy atom. The summed E-state index contributed by atoms with van der Waals surface area (Å²) in [5.41, 5.74) is 0.813. The molecule has 33 heavy (non-hydrogen) atoms. The van der Waals surface area contributed by atoms with Crippen molar-refractivity contribution in [2.24, 2.45) is 0 Å². The number of alkyl halides is 3. The summed E-state index contributed by atoms with van der Waals surface area (Å²) >= 11 is 0.